The standard InChI is InChI=1S/C30H37N3O3/c1-4-33(5-2)30(34)32-25-10-8-9-23(20-25)27(19-22-15-17-31-18-16-22)24-13-14-28(35-3)29(21-24)36-26-11-6-7-12-26/h8-10,13-18,20-21,26-27H,4-7,11-12,19H2,1-3H3,(H,32,34)/t27-/m1/s1. The van der Waals surface area contributed by atoms with E-state index < -0.39 is 0 Å². The summed E-state index contributed by atoms with van der Waals surface area (Å²) in [5.41, 5.74) is 4.26. The minimum atomic E-state index is -0.0838. The minimum absolute atomic E-state index is 0.0644. The maximum atomic E-state index is 12.7. The molecule has 0 unspecified atom stereocenters. The zero-order chi connectivity index (χ0) is 25.3. The van der Waals surface area contributed by atoms with Gasteiger partial charge in [0.05, 0.1) is 13.2 Å². The highest BCUT2D eigenvalue weighted by atomic mass is 16.5. The van der Waals surface area contributed by atoms with Gasteiger partial charge in [-0.25, -0.2) is 4.79 Å². The fraction of sp³-hybridized carbons (Fsp3) is 0.400. The molecule has 0 aliphatic heterocycles. The summed E-state index contributed by atoms with van der Waals surface area (Å²) in [5.74, 6) is 1.62. The lowest BCUT2D eigenvalue weighted by Gasteiger charge is -2.23. The molecule has 4 rings (SSSR count). The summed E-state index contributed by atoms with van der Waals surface area (Å²) in [7, 11) is 1.69. The molecule has 1 fully saturated rings. The first-order valence-corrected chi connectivity index (χ1v) is 13.0. The Kier molecular flexibility index (Phi) is 8.82. The lowest BCUT2D eigenvalue weighted by molar-refractivity contribution is 0.200. The van der Waals surface area contributed by atoms with Crippen LogP contribution >= 0.6 is 0 Å². The van der Waals surface area contributed by atoms with Crippen LogP contribution in [0.3, 0.4) is 0 Å². The van der Waals surface area contributed by atoms with Gasteiger partial charge in [-0.15, -0.1) is 0 Å². The molecule has 1 saturated carbocycles. The van der Waals surface area contributed by atoms with Crippen molar-refractivity contribution in [3.63, 3.8) is 0 Å². The lowest BCUT2D eigenvalue weighted by Crippen LogP contribution is -2.34. The molecule has 1 aliphatic rings. The monoisotopic (exact) mass is 487 g/mol. The number of benzene rings is 2. The van der Waals surface area contributed by atoms with Gasteiger partial charge in [0.15, 0.2) is 11.5 Å². The minimum Gasteiger partial charge on any atom is -0.493 e. The second-order valence-electron chi connectivity index (χ2n) is 9.27. The van der Waals surface area contributed by atoms with Gasteiger partial charge in [0.25, 0.3) is 0 Å². The summed E-state index contributed by atoms with van der Waals surface area (Å²) in [4.78, 5) is 18.6. The molecule has 2 aromatic carbocycles. The number of amides is 2. The Labute approximate surface area is 214 Å². The van der Waals surface area contributed by atoms with Crippen LogP contribution in [0.4, 0.5) is 10.5 Å². The number of urea groups is 1. The van der Waals surface area contributed by atoms with Crippen molar-refractivity contribution in [2.24, 2.45) is 0 Å². The fourth-order valence-electron chi connectivity index (χ4n) is 4.92. The zero-order valence-corrected chi connectivity index (χ0v) is 21.6. The first-order chi connectivity index (χ1) is 17.6. The van der Waals surface area contributed by atoms with Crippen LogP contribution in [0.15, 0.2) is 67.0 Å². The number of methoxy groups -OCH3 is 1. The van der Waals surface area contributed by atoms with E-state index in [9.17, 15) is 4.79 Å². The third-order valence-corrected chi connectivity index (χ3v) is 6.97. The van der Waals surface area contributed by atoms with E-state index in [1.807, 2.05) is 44.4 Å². The van der Waals surface area contributed by atoms with Crippen molar-refractivity contribution in [1.29, 1.82) is 0 Å². The number of rotatable bonds is 10. The van der Waals surface area contributed by atoms with Crippen molar-refractivity contribution in [2.45, 2.75) is 58.0 Å². The summed E-state index contributed by atoms with van der Waals surface area (Å²) in [6, 6.07) is 18.4. The van der Waals surface area contributed by atoms with Gasteiger partial charge in [0, 0.05) is 37.1 Å². The zero-order valence-electron chi connectivity index (χ0n) is 21.6. The summed E-state index contributed by atoms with van der Waals surface area (Å²) in [5, 5.41) is 3.06. The highest BCUT2D eigenvalue weighted by molar-refractivity contribution is 5.89. The second kappa shape index (κ2) is 12.4. The summed E-state index contributed by atoms with van der Waals surface area (Å²) < 4.78 is 12.0. The Bertz CT molecular complexity index is 1130. The number of carbonyl (C=O) groups excluding carboxylic acids is 1. The predicted molar refractivity (Wildman–Crippen MR) is 144 cm³/mol. The van der Waals surface area contributed by atoms with Crippen LogP contribution in [0.5, 0.6) is 11.5 Å². The number of aromatic nitrogens is 1. The van der Waals surface area contributed by atoms with E-state index in [0.29, 0.717) is 13.1 Å². The average molecular weight is 488 g/mol. The third kappa shape index (κ3) is 6.36. The number of carbonyl (C=O) groups is 1. The van der Waals surface area contributed by atoms with Crippen molar-refractivity contribution >= 4 is 11.7 Å². The third-order valence-electron chi connectivity index (χ3n) is 6.97. The van der Waals surface area contributed by atoms with E-state index >= 15 is 0 Å². The van der Waals surface area contributed by atoms with Crippen LogP contribution in [0, 0.1) is 0 Å². The van der Waals surface area contributed by atoms with Gasteiger partial charge in [-0.2, -0.15) is 0 Å². The van der Waals surface area contributed by atoms with E-state index in [0.717, 1.165) is 47.6 Å². The smallest absolute Gasteiger partial charge is 0.321 e. The molecule has 0 bridgehead atoms. The maximum absolute atomic E-state index is 12.7. The molecule has 1 N–H and O–H groups in total. The molecule has 0 saturated heterocycles. The molecule has 0 spiro atoms. The highest BCUT2D eigenvalue weighted by Crippen LogP contribution is 2.37. The van der Waals surface area contributed by atoms with Crippen molar-refractivity contribution in [3.05, 3.63) is 83.7 Å². The molecular weight excluding hydrogens is 450 g/mol. The van der Waals surface area contributed by atoms with Gasteiger partial charge in [-0.3, -0.25) is 4.98 Å². The Hall–Kier alpha value is -3.54. The van der Waals surface area contributed by atoms with Gasteiger partial charge in [-0.1, -0.05) is 18.2 Å². The summed E-state index contributed by atoms with van der Waals surface area (Å²) in [6.45, 7) is 5.31. The summed E-state index contributed by atoms with van der Waals surface area (Å²) in [6.07, 6.45) is 9.29. The Morgan fingerprint density at radius 2 is 1.72 bits per heavy atom. The van der Waals surface area contributed by atoms with Crippen LogP contribution in [-0.4, -0.2) is 42.2 Å². The number of hydrogen-bond donors (Lipinski definition) is 1. The number of anilines is 1. The molecule has 36 heavy (non-hydrogen) atoms. The van der Waals surface area contributed by atoms with Crippen LogP contribution in [-0.2, 0) is 6.42 Å². The molecule has 190 valence electrons. The molecule has 1 atom stereocenters. The van der Waals surface area contributed by atoms with Crippen LogP contribution in [0.1, 0.15) is 62.1 Å². The largest absolute Gasteiger partial charge is 0.493 e. The van der Waals surface area contributed by atoms with Crippen molar-refractivity contribution in [2.75, 3.05) is 25.5 Å². The highest BCUT2D eigenvalue weighted by Gasteiger charge is 2.22. The molecule has 6 nitrogen and oxygen atoms in total. The maximum Gasteiger partial charge on any atom is 0.321 e. The van der Waals surface area contributed by atoms with E-state index in [1.165, 1.54) is 18.4 Å². The van der Waals surface area contributed by atoms with E-state index in [4.69, 9.17) is 9.47 Å². The Balaban J connectivity index is 1.68. The first-order valence-electron chi connectivity index (χ1n) is 13.0. The lowest BCUT2D eigenvalue weighted by atomic mass is 9.85. The molecule has 3 aromatic rings. The van der Waals surface area contributed by atoms with Gasteiger partial charge >= 0.3 is 6.03 Å². The molecule has 1 aliphatic carbocycles. The van der Waals surface area contributed by atoms with Gasteiger partial charge in [0.1, 0.15) is 0 Å². The first kappa shape index (κ1) is 25.5. The molecule has 6 heteroatoms. The quantitative estimate of drug-likeness (QED) is 0.347. The number of hydrogen-bond acceptors (Lipinski definition) is 4. The Morgan fingerprint density at radius 3 is 2.42 bits per heavy atom. The number of nitrogens with zero attached hydrogens (tertiary/aromatic N) is 2. The second-order valence-corrected chi connectivity index (χ2v) is 9.27. The van der Waals surface area contributed by atoms with Crippen molar-refractivity contribution < 1.29 is 14.3 Å². The van der Waals surface area contributed by atoms with E-state index in [2.05, 4.69) is 46.7 Å². The van der Waals surface area contributed by atoms with Gasteiger partial charge < -0.3 is 19.7 Å². The SMILES string of the molecule is CCN(CC)C(=O)Nc1cccc([C@@H](Cc2ccncc2)c2ccc(OC)c(OC3CCCC3)c2)c1. The van der Waals surface area contributed by atoms with Gasteiger partial charge in [0.2, 0.25) is 0 Å². The number of pyridine rings is 1. The van der Waals surface area contributed by atoms with E-state index in [1.54, 1.807) is 12.0 Å². The molecular formula is C30H37N3O3. The number of ether oxygens (including phenoxy) is 2. The average Bonchev–Trinajstić information content (AvgIpc) is 3.42. The van der Waals surface area contributed by atoms with Crippen LogP contribution in [0.25, 0.3) is 0 Å². The molecule has 1 heterocycles. The van der Waals surface area contributed by atoms with Crippen molar-refractivity contribution in [1.82, 2.24) is 9.88 Å². The van der Waals surface area contributed by atoms with Crippen molar-refractivity contribution in [3.8, 4) is 11.5 Å². The van der Waals surface area contributed by atoms with E-state index in [-0.39, 0.29) is 18.1 Å². The Morgan fingerprint density at radius 1 is 1.00 bits per heavy atom. The molecule has 1 aromatic heterocycles. The predicted octanol–water partition coefficient (Wildman–Crippen LogP) is 6.66. The van der Waals surface area contributed by atoms with Crippen LogP contribution < -0.4 is 14.8 Å². The topological polar surface area (TPSA) is 63.7 Å². The summed E-state index contributed by atoms with van der Waals surface area (Å²) >= 11 is 0. The van der Waals surface area contributed by atoms with Gasteiger partial charge in [-0.05, 0) is 99.0 Å². The molecule has 2 amide bonds. The van der Waals surface area contributed by atoms with Crippen LogP contribution in [0.2, 0.25) is 0 Å². The molecule has 0 radical (unpaired) electrons. The normalized spacial score (nSPS) is 14.3. The number of nitrogens with one attached hydrogen (secondary N) is 1. The fourth-order valence-corrected chi connectivity index (χ4v) is 4.92.